The number of halogens is 1. The summed E-state index contributed by atoms with van der Waals surface area (Å²) >= 11 is 7.39. The van der Waals surface area contributed by atoms with Crippen LogP contribution in [0.5, 0.6) is 0 Å². The Balaban J connectivity index is 1.27. The Morgan fingerprint density at radius 3 is 2.56 bits per heavy atom. The van der Waals surface area contributed by atoms with E-state index in [-0.39, 0.29) is 0 Å². The Labute approximate surface area is 165 Å². The highest BCUT2D eigenvalue weighted by Crippen LogP contribution is 2.25. The number of benzene rings is 2. The molecule has 136 valence electrons. The maximum absolute atomic E-state index is 5.89. The van der Waals surface area contributed by atoms with Gasteiger partial charge in [-0.15, -0.1) is 10.2 Å². The SMILES string of the molecule is Clc1ccc(-c2nnc(SCCCc3nc(-c4ccccc4)no3)o2)cc1. The maximum atomic E-state index is 5.89. The first-order chi connectivity index (χ1) is 13.3. The molecule has 0 saturated carbocycles. The van der Waals surface area contributed by atoms with Gasteiger partial charge in [-0.05, 0) is 30.7 Å². The molecular weight excluding hydrogens is 384 g/mol. The van der Waals surface area contributed by atoms with E-state index in [9.17, 15) is 0 Å². The van der Waals surface area contributed by atoms with Gasteiger partial charge >= 0.3 is 0 Å². The van der Waals surface area contributed by atoms with E-state index in [1.165, 1.54) is 11.8 Å². The van der Waals surface area contributed by atoms with Crippen molar-refractivity contribution in [3.05, 3.63) is 65.5 Å². The van der Waals surface area contributed by atoms with Crippen molar-refractivity contribution >= 4 is 23.4 Å². The van der Waals surface area contributed by atoms with Crippen LogP contribution in [0.25, 0.3) is 22.8 Å². The number of hydrogen-bond acceptors (Lipinski definition) is 7. The molecule has 0 N–H and O–H groups in total. The predicted octanol–water partition coefficient (Wildman–Crippen LogP) is 5.16. The number of thioether (sulfide) groups is 1. The van der Waals surface area contributed by atoms with Gasteiger partial charge in [0.15, 0.2) is 0 Å². The van der Waals surface area contributed by atoms with Gasteiger partial charge in [-0.1, -0.05) is 58.9 Å². The molecule has 2 aromatic heterocycles. The summed E-state index contributed by atoms with van der Waals surface area (Å²) in [6, 6.07) is 17.1. The fraction of sp³-hybridized carbons (Fsp3) is 0.158. The summed E-state index contributed by atoms with van der Waals surface area (Å²) in [5.74, 6) is 2.54. The lowest BCUT2D eigenvalue weighted by Gasteiger charge is -1.95. The molecule has 4 rings (SSSR count). The van der Waals surface area contributed by atoms with Gasteiger partial charge in [0.1, 0.15) is 0 Å². The zero-order chi connectivity index (χ0) is 18.5. The molecule has 0 unspecified atom stereocenters. The second kappa shape index (κ2) is 8.37. The van der Waals surface area contributed by atoms with Crippen molar-refractivity contribution in [2.45, 2.75) is 18.1 Å². The Kier molecular flexibility index (Phi) is 5.50. The highest BCUT2D eigenvalue weighted by atomic mass is 35.5. The van der Waals surface area contributed by atoms with Crippen molar-refractivity contribution in [2.24, 2.45) is 0 Å². The lowest BCUT2D eigenvalue weighted by atomic mass is 10.2. The molecule has 0 aliphatic carbocycles. The van der Waals surface area contributed by atoms with E-state index >= 15 is 0 Å². The van der Waals surface area contributed by atoms with Crippen molar-refractivity contribution < 1.29 is 8.94 Å². The second-order valence-corrected chi connectivity index (χ2v) is 7.19. The van der Waals surface area contributed by atoms with Crippen LogP contribution in [0, 0.1) is 0 Å². The van der Waals surface area contributed by atoms with Gasteiger partial charge in [-0.25, -0.2) is 0 Å². The molecule has 27 heavy (non-hydrogen) atoms. The Hall–Kier alpha value is -2.64. The summed E-state index contributed by atoms with van der Waals surface area (Å²) in [6.07, 6.45) is 1.56. The van der Waals surface area contributed by atoms with Crippen LogP contribution in [0.15, 0.2) is 68.8 Å². The van der Waals surface area contributed by atoms with E-state index < -0.39 is 0 Å². The fourth-order valence-corrected chi connectivity index (χ4v) is 3.25. The summed E-state index contributed by atoms with van der Waals surface area (Å²) < 4.78 is 11.0. The van der Waals surface area contributed by atoms with Crippen LogP contribution in [0.2, 0.25) is 5.02 Å². The van der Waals surface area contributed by atoms with Crippen LogP contribution in [-0.2, 0) is 6.42 Å². The highest BCUT2D eigenvalue weighted by Gasteiger charge is 2.11. The molecule has 0 spiro atoms. The molecule has 6 nitrogen and oxygen atoms in total. The molecule has 0 bridgehead atoms. The molecule has 0 fully saturated rings. The Morgan fingerprint density at radius 1 is 0.926 bits per heavy atom. The summed E-state index contributed by atoms with van der Waals surface area (Å²) in [5, 5.41) is 13.4. The standard InChI is InChI=1S/C19H15ClN4O2S/c20-15-10-8-14(9-11-15)18-22-23-19(25-18)27-12-4-7-16-21-17(24-26-16)13-5-2-1-3-6-13/h1-3,5-6,8-11H,4,7,12H2. The number of aromatic nitrogens is 4. The van der Waals surface area contributed by atoms with Crippen molar-refractivity contribution in [1.82, 2.24) is 20.3 Å². The number of nitrogens with zero attached hydrogens (tertiary/aromatic N) is 4. The predicted molar refractivity (Wildman–Crippen MR) is 104 cm³/mol. The van der Waals surface area contributed by atoms with E-state index in [0.717, 1.165) is 23.3 Å². The second-order valence-electron chi connectivity index (χ2n) is 5.71. The zero-order valence-corrected chi connectivity index (χ0v) is 15.8. The van der Waals surface area contributed by atoms with Gasteiger partial charge in [-0.3, -0.25) is 0 Å². The van der Waals surface area contributed by atoms with Crippen molar-refractivity contribution in [1.29, 1.82) is 0 Å². The third kappa shape index (κ3) is 4.56. The third-order valence-electron chi connectivity index (χ3n) is 3.76. The minimum absolute atomic E-state index is 0.485. The molecule has 0 amide bonds. The average Bonchev–Trinajstić information content (AvgIpc) is 3.36. The molecular formula is C19H15ClN4O2S. The van der Waals surface area contributed by atoms with E-state index in [2.05, 4.69) is 20.3 Å². The van der Waals surface area contributed by atoms with E-state index in [0.29, 0.717) is 34.3 Å². The minimum atomic E-state index is 0.485. The molecule has 4 aromatic rings. The van der Waals surface area contributed by atoms with Crippen LogP contribution in [0.4, 0.5) is 0 Å². The number of hydrogen-bond donors (Lipinski definition) is 0. The van der Waals surface area contributed by atoms with Crippen molar-refractivity contribution in [3.8, 4) is 22.8 Å². The van der Waals surface area contributed by atoms with Crippen LogP contribution < -0.4 is 0 Å². The molecule has 8 heteroatoms. The number of aryl methyl sites for hydroxylation is 1. The van der Waals surface area contributed by atoms with Crippen LogP contribution in [0.1, 0.15) is 12.3 Å². The molecule has 0 aliphatic rings. The summed E-state index contributed by atoms with van der Waals surface area (Å²) in [4.78, 5) is 4.43. The van der Waals surface area contributed by atoms with Crippen molar-refractivity contribution in [3.63, 3.8) is 0 Å². The highest BCUT2D eigenvalue weighted by molar-refractivity contribution is 7.99. The average molecular weight is 399 g/mol. The van der Waals surface area contributed by atoms with Gasteiger partial charge < -0.3 is 8.94 Å². The first kappa shape index (κ1) is 17.8. The minimum Gasteiger partial charge on any atom is -0.411 e. The lowest BCUT2D eigenvalue weighted by molar-refractivity contribution is 0.378. The van der Waals surface area contributed by atoms with Crippen LogP contribution >= 0.6 is 23.4 Å². The number of rotatable bonds is 7. The van der Waals surface area contributed by atoms with Gasteiger partial charge in [0.25, 0.3) is 5.22 Å². The van der Waals surface area contributed by atoms with Crippen molar-refractivity contribution in [2.75, 3.05) is 5.75 Å². The van der Waals surface area contributed by atoms with Gasteiger partial charge in [0.2, 0.25) is 17.6 Å². The molecule has 0 saturated heterocycles. The van der Waals surface area contributed by atoms with Crippen LogP contribution in [0.3, 0.4) is 0 Å². The van der Waals surface area contributed by atoms with Crippen LogP contribution in [-0.4, -0.2) is 26.1 Å². The molecule has 2 aromatic carbocycles. The zero-order valence-electron chi connectivity index (χ0n) is 14.2. The third-order valence-corrected chi connectivity index (χ3v) is 4.91. The van der Waals surface area contributed by atoms with E-state index in [1.54, 1.807) is 12.1 Å². The maximum Gasteiger partial charge on any atom is 0.276 e. The molecule has 0 radical (unpaired) electrons. The first-order valence-corrected chi connectivity index (χ1v) is 9.74. The lowest BCUT2D eigenvalue weighted by Crippen LogP contribution is -1.88. The Bertz CT molecular complexity index is 1000. The monoisotopic (exact) mass is 398 g/mol. The quantitative estimate of drug-likeness (QED) is 0.314. The Morgan fingerprint density at radius 2 is 1.74 bits per heavy atom. The smallest absolute Gasteiger partial charge is 0.276 e. The van der Waals surface area contributed by atoms with Gasteiger partial charge in [-0.2, -0.15) is 4.98 Å². The van der Waals surface area contributed by atoms with E-state index in [4.69, 9.17) is 20.5 Å². The van der Waals surface area contributed by atoms with Gasteiger partial charge in [0.05, 0.1) is 0 Å². The molecule has 0 atom stereocenters. The fourth-order valence-electron chi connectivity index (χ4n) is 2.42. The van der Waals surface area contributed by atoms with Gasteiger partial charge in [0, 0.05) is 28.3 Å². The summed E-state index contributed by atoms with van der Waals surface area (Å²) in [7, 11) is 0. The summed E-state index contributed by atoms with van der Waals surface area (Å²) in [5.41, 5.74) is 1.79. The molecule has 0 aliphatic heterocycles. The first-order valence-electron chi connectivity index (χ1n) is 8.38. The van der Waals surface area contributed by atoms with E-state index in [1.807, 2.05) is 42.5 Å². The largest absolute Gasteiger partial charge is 0.411 e. The topological polar surface area (TPSA) is 77.8 Å². The summed E-state index contributed by atoms with van der Waals surface area (Å²) in [6.45, 7) is 0. The molecule has 2 heterocycles. The normalized spacial score (nSPS) is 11.0.